The van der Waals surface area contributed by atoms with Crippen LogP contribution in [0.2, 0.25) is 0 Å². The number of hydrogen-bond acceptors (Lipinski definition) is 8. The van der Waals surface area contributed by atoms with E-state index in [0.29, 0.717) is 5.69 Å². The Morgan fingerprint density at radius 2 is 1.64 bits per heavy atom. The number of nitrogens with zero attached hydrogens (tertiary/aromatic N) is 2. The summed E-state index contributed by atoms with van der Waals surface area (Å²) in [6.07, 6.45) is 0. The van der Waals surface area contributed by atoms with Gasteiger partial charge in [-0.2, -0.15) is 0 Å². The van der Waals surface area contributed by atoms with E-state index in [-0.39, 0.29) is 11.5 Å². The molecule has 0 aliphatic carbocycles. The van der Waals surface area contributed by atoms with Gasteiger partial charge in [0.05, 0.1) is 15.9 Å². The van der Waals surface area contributed by atoms with Crippen molar-refractivity contribution in [2.75, 3.05) is 18.5 Å². The molecule has 0 bridgehead atoms. The fraction of sp³-hybridized carbons (Fsp3) is 0.125. The molecule has 0 saturated carbocycles. The van der Waals surface area contributed by atoms with Gasteiger partial charge in [0.25, 0.3) is 11.6 Å². The van der Waals surface area contributed by atoms with Crippen molar-refractivity contribution in [1.29, 1.82) is 0 Å². The van der Waals surface area contributed by atoms with E-state index in [1.807, 2.05) is 0 Å². The molecule has 0 unspecified atom stereocenters. The maximum absolute atomic E-state index is 11.9. The highest BCUT2D eigenvalue weighted by atomic mass is 16.6. The van der Waals surface area contributed by atoms with E-state index in [1.165, 1.54) is 24.3 Å². The average Bonchev–Trinajstić information content (AvgIpc) is 2.65. The zero-order chi connectivity index (χ0) is 20.7. The van der Waals surface area contributed by atoms with E-state index in [1.54, 1.807) is 0 Å². The third kappa shape index (κ3) is 5.66. The van der Waals surface area contributed by atoms with Crippen LogP contribution in [-0.4, -0.2) is 40.0 Å². The molecule has 0 spiro atoms. The number of carbonyl (C=O) groups excluding carboxylic acids is 1. The number of benzene rings is 2. The minimum atomic E-state index is -1.13. The molecule has 1 amide bonds. The quantitative estimate of drug-likeness (QED) is 0.479. The van der Waals surface area contributed by atoms with Crippen LogP contribution >= 0.6 is 0 Å². The summed E-state index contributed by atoms with van der Waals surface area (Å²) >= 11 is 0. The minimum Gasteiger partial charge on any atom is -0.482 e. The molecule has 0 fully saturated rings. The van der Waals surface area contributed by atoms with Gasteiger partial charge in [-0.25, -0.2) is 4.79 Å². The van der Waals surface area contributed by atoms with Crippen LogP contribution in [0.15, 0.2) is 42.5 Å². The molecule has 28 heavy (non-hydrogen) atoms. The Hall–Kier alpha value is -4.22. The largest absolute Gasteiger partial charge is 0.482 e. The van der Waals surface area contributed by atoms with E-state index >= 15 is 0 Å². The Labute approximate surface area is 156 Å². The number of anilines is 1. The zero-order valence-corrected chi connectivity index (χ0v) is 14.1. The van der Waals surface area contributed by atoms with Crippen LogP contribution in [0.5, 0.6) is 11.5 Å². The molecule has 0 aliphatic rings. The molecule has 2 rings (SSSR count). The number of nitro groups is 2. The smallest absolute Gasteiger partial charge is 0.341 e. The van der Waals surface area contributed by atoms with Crippen molar-refractivity contribution < 1.29 is 34.0 Å². The third-order valence-corrected chi connectivity index (χ3v) is 3.21. The molecular weight excluding hydrogens is 378 g/mol. The predicted octanol–water partition coefficient (Wildman–Crippen LogP) is 1.98. The van der Waals surface area contributed by atoms with E-state index < -0.39 is 46.3 Å². The second kappa shape index (κ2) is 8.93. The first-order valence-electron chi connectivity index (χ1n) is 7.56. The standard InChI is InChI=1S/C16H13N3O9/c20-15(17-10-1-4-12(5-2-10)27-9-16(21)22)8-28-14-6-3-11(18(23)24)7-13(14)19(25)26/h1-7H,8-9H2,(H,17,20)(H,21,22). The lowest BCUT2D eigenvalue weighted by Gasteiger charge is -2.09. The van der Waals surface area contributed by atoms with Crippen LogP contribution in [0.4, 0.5) is 17.1 Å². The highest BCUT2D eigenvalue weighted by molar-refractivity contribution is 5.92. The van der Waals surface area contributed by atoms with Gasteiger partial charge in [-0.3, -0.25) is 25.0 Å². The molecule has 12 nitrogen and oxygen atoms in total. The number of rotatable bonds is 9. The first kappa shape index (κ1) is 20.1. The van der Waals surface area contributed by atoms with E-state index in [0.717, 1.165) is 18.2 Å². The van der Waals surface area contributed by atoms with Crippen LogP contribution in [-0.2, 0) is 9.59 Å². The van der Waals surface area contributed by atoms with Crippen molar-refractivity contribution >= 4 is 28.9 Å². The number of non-ortho nitro benzene ring substituents is 1. The van der Waals surface area contributed by atoms with Gasteiger partial charge in [0.15, 0.2) is 19.0 Å². The molecule has 0 heterocycles. The second-order valence-electron chi connectivity index (χ2n) is 5.21. The van der Waals surface area contributed by atoms with Gasteiger partial charge >= 0.3 is 11.7 Å². The fourth-order valence-electron chi connectivity index (χ4n) is 2.00. The molecule has 2 N–H and O–H groups in total. The molecule has 0 radical (unpaired) electrons. The maximum Gasteiger partial charge on any atom is 0.341 e. The topological polar surface area (TPSA) is 171 Å². The van der Waals surface area contributed by atoms with Crippen molar-refractivity contribution in [3.8, 4) is 11.5 Å². The summed E-state index contributed by atoms with van der Waals surface area (Å²) in [6, 6.07) is 8.62. The molecule has 0 aromatic heterocycles. The first-order chi connectivity index (χ1) is 13.3. The molecule has 2 aromatic carbocycles. The zero-order valence-electron chi connectivity index (χ0n) is 14.1. The van der Waals surface area contributed by atoms with Crippen molar-refractivity contribution in [2.24, 2.45) is 0 Å². The van der Waals surface area contributed by atoms with Crippen LogP contribution in [0.25, 0.3) is 0 Å². The highest BCUT2D eigenvalue weighted by Gasteiger charge is 2.21. The lowest BCUT2D eigenvalue weighted by molar-refractivity contribution is -0.394. The normalized spacial score (nSPS) is 10.0. The monoisotopic (exact) mass is 391 g/mol. The third-order valence-electron chi connectivity index (χ3n) is 3.21. The van der Waals surface area contributed by atoms with Crippen molar-refractivity contribution in [1.82, 2.24) is 0 Å². The van der Waals surface area contributed by atoms with Crippen molar-refractivity contribution in [3.63, 3.8) is 0 Å². The van der Waals surface area contributed by atoms with Crippen molar-refractivity contribution in [2.45, 2.75) is 0 Å². The molecule has 0 aliphatic heterocycles. The molecule has 0 saturated heterocycles. The van der Waals surface area contributed by atoms with Gasteiger partial charge in [0.2, 0.25) is 0 Å². The number of carbonyl (C=O) groups is 2. The van der Waals surface area contributed by atoms with Crippen LogP contribution < -0.4 is 14.8 Å². The Bertz CT molecular complexity index is 912. The minimum absolute atomic E-state index is 0.289. The molecule has 12 heteroatoms. The number of nitro benzene ring substituents is 2. The van der Waals surface area contributed by atoms with Gasteiger partial charge in [0.1, 0.15) is 5.75 Å². The summed E-state index contributed by atoms with van der Waals surface area (Å²) in [7, 11) is 0. The van der Waals surface area contributed by atoms with Gasteiger partial charge in [-0.15, -0.1) is 0 Å². The summed E-state index contributed by atoms with van der Waals surface area (Å²) in [4.78, 5) is 42.4. The Morgan fingerprint density at radius 1 is 0.964 bits per heavy atom. The summed E-state index contributed by atoms with van der Waals surface area (Å²) < 4.78 is 10.0. The molecule has 146 valence electrons. The van der Waals surface area contributed by atoms with Crippen LogP contribution in [0, 0.1) is 20.2 Å². The van der Waals surface area contributed by atoms with Crippen LogP contribution in [0.1, 0.15) is 0 Å². The SMILES string of the molecule is O=C(O)COc1ccc(NC(=O)COc2ccc([N+](=O)[O-])cc2[N+](=O)[O-])cc1. The Balaban J connectivity index is 1.96. The summed E-state index contributed by atoms with van der Waals surface area (Å²) in [5, 5.41) is 32.7. The van der Waals surface area contributed by atoms with Gasteiger partial charge < -0.3 is 19.9 Å². The molecule has 2 aromatic rings. The number of aliphatic carboxylic acids is 1. The van der Waals surface area contributed by atoms with Gasteiger partial charge in [-0.05, 0) is 30.3 Å². The Kier molecular flexibility index (Phi) is 6.41. The summed E-state index contributed by atoms with van der Waals surface area (Å²) in [5.41, 5.74) is -0.759. The maximum atomic E-state index is 11.9. The number of carboxylic acid groups (broad SMARTS) is 1. The number of ether oxygens (including phenoxy) is 2. The fourth-order valence-corrected chi connectivity index (χ4v) is 2.00. The number of amides is 1. The van der Waals surface area contributed by atoms with E-state index in [9.17, 15) is 29.8 Å². The Morgan fingerprint density at radius 3 is 2.21 bits per heavy atom. The van der Waals surface area contributed by atoms with Crippen LogP contribution in [0.3, 0.4) is 0 Å². The lowest BCUT2D eigenvalue weighted by atomic mass is 10.2. The first-order valence-corrected chi connectivity index (χ1v) is 7.56. The average molecular weight is 391 g/mol. The second-order valence-corrected chi connectivity index (χ2v) is 5.21. The molecular formula is C16H13N3O9. The summed E-state index contributed by atoms with van der Waals surface area (Å²) in [5.74, 6) is -1.76. The number of nitrogens with one attached hydrogen (secondary N) is 1. The van der Waals surface area contributed by atoms with Gasteiger partial charge in [0, 0.05) is 11.8 Å². The predicted molar refractivity (Wildman–Crippen MR) is 93.4 cm³/mol. The molecule has 0 atom stereocenters. The van der Waals surface area contributed by atoms with E-state index in [2.05, 4.69) is 5.32 Å². The highest BCUT2D eigenvalue weighted by Crippen LogP contribution is 2.30. The van der Waals surface area contributed by atoms with E-state index in [4.69, 9.17) is 14.6 Å². The van der Waals surface area contributed by atoms with Gasteiger partial charge in [-0.1, -0.05) is 0 Å². The lowest BCUT2D eigenvalue weighted by Crippen LogP contribution is -2.20. The number of carboxylic acids is 1. The summed E-state index contributed by atoms with van der Waals surface area (Å²) in [6.45, 7) is -1.08. The van der Waals surface area contributed by atoms with Crippen molar-refractivity contribution in [3.05, 3.63) is 62.7 Å². The number of hydrogen-bond donors (Lipinski definition) is 2.